The first-order chi connectivity index (χ1) is 17.8. The Kier molecular flexibility index (Phi) is 7.44. The van der Waals surface area contributed by atoms with Crippen molar-refractivity contribution in [2.24, 2.45) is 5.92 Å². The van der Waals surface area contributed by atoms with Gasteiger partial charge in [0.2, 0.25) is 5.91 Å². The Morgan fingerprint density at radius 2 is 1.63 bits per heavy atom. The van der Waals surface area contributed by atoms with Crippen LogP contribution in [0.1, 0.15) is 68.0 Å². The van der Waals surface area contributed by atoms with Gasteiger partial charge in [0.05, 0.1) is 18.4 Å². The predicted molar refractivity (Wildman–Crippen MR) is 130 cm³/mol. The van der Waals surface area contributed by atoms with Gasteiger partial charge in [0.15, 0.2) is 6.10 Å². The molecule has 38 heavy (non-hydrogen) atoms. The molecule has 1 heterocycles. The summed E-state index contributed by atoms with van der Waals surface area (Å²) in [5.41, 5.74) is -0.147. The summed E-state index contributed by atoms with van der Waals surface area (Å²) in [4.78, 5) is 27.9. The number of rotatable bonds is 6. The lowest BCUT2D eigenvalue weighted by atomic mass is 9.87. The van der Waals surface area contributed by atoms with Crippen molar-refractivity contribution in [1.29, 1.82) is 0 Å². The van der Waals surface area contributed by atoms with E-state index in [2.05, 4.69) is 0 Å². The van der Waals surface area contributed by atoms with Crippen molar-refractivity contribution in [3.63, 3.8) is 0 Å². The number of carbonyl (C=O) groups excluding carboxylic acids is 2. The van der Waals surface area contributed by atoms with Gasteiger partial charge in [0, 0.05) is 22.7 Å². The van der Waals surface area contributed by atoms with Crippen molar-refractivity contribution >= 4 is 39.5 Å². The first kappa shape index (κ1) is 27.8. The van der Waals surface area contributed by atoms with E-state index in [1.54, 1.807) is 13.8 Å². The fourth-order valence-corrected chi connectivity index (χ4v) is 5.03. The summed E-state index contributed by atoms with van der Waals surface area (Å²) in [6, 6.07) is 5.56. The predicted octanol–water partition coefficient (Wildman–Crippen LogP) is 6.93. The number of fused-ring (bicyclic) bond motifs is 3. The van der Waals surface area contributed by atoms with Gasteiger partial charge in [-0.1, -0.05) is 25.3 Å². The molecule has 1 amide bonds. The normalized spacial score (nSPS) is 16.3. The summed E-state index contributed by atoms with van der Waals surface area (Å²) in [7, 11) is 1.19. The van der Waals surface area contributed by atoms with Crippen LogP contribution in [0.3, 0.4) is 0 Å². The molecular weight excluding hydrogens is 513 g/mol. The molecule has 11 heteroatoms. The Morgan fingerprint density at radius 3 is 2.21 bits per heavy atom. The Hall–Kier alpha value is -3.21. The van der Waals surface area contributed by atoms with Crippen molar-refractivity contribution in [2.75, 3.05) is 12.0 Å². The zero-order valence-corrected chi connectivity index (χ0v) is 21.1. The molecule has 1 atom stereocenters. The van der Waals surface area contributed by atoms with E-state index in [-0.39, 0.29) is 51.1 Å². The number of alkyl halides is 5. The number of aliphatic hydroxyl groups excluding tert-OH is 1. The number of methoxy groups -OCH3 is 1. The average Bonchev–Trinajstić information content (AvgIpc) is 3.23. The number of amides is 1. The van der Waals surface area contributed by atoms with E-state index in [0.29, 0.717) is 12.8 Å². The van der Waals surface area contributed by atoms with Gasteiger partial charge in [-0.15, -0.1) is 0 Å². The molecule has 2 aromatic carbocycles. The van der Waals surface area contributed by atoms with Crippen molar-refractivity contribution in [1.82, 2.24) is 0 Å². The van der Waals surface area contributed by atoms with Gasteiger partial charge >= 0.3 is 18.1 Å². The molecule has 4 rings (SSSR count). The number of esters is 1. The third-order valence-electron chi connectivity index (χ3n) is 7.02. The smallest absolute Gasteiger partial charge is 0.456 e. The molecule has 6 nitrogen and oxygen atoms in total. The summed E-state index contributed by atoms with van der Waals surface area (Å²) in [5.74, 6) is -6.52. The molecule has 1 N–H and O–H groups in total. The van der Waals surface area contributed by atoms with Gasteiger partial charge in [-0.25, -0.2) is 4.79 Å². The van der Waals surface area contributed by atoms with Gasteiger partial charge in [0.25, 0.3) is 0 Å². The van der Waals surface area contributed by atoms with Gasteiger partial charge in [-0.3, -0.25) is 4.79 Å². The molecule has 3 aromatic rings. The third-order valence-corrected chi connectivity index (χ3v) is 7.02. The van der Waals surface area contributed by atoms with Crippen LogP contribution in [0.4, 0.5) is 27.6 Å². The molecule has 0 spiro atoms. The average molecular weight is 542 g/mol. The van der Waals surface area contributed by atoms with Crippen LogP contribution in [0, 0.1) is 5.92 Å². The highest BCUT2D eigenvalue weighted by Crippen LogP contribution is 2.45. The summed E-state index contributed by atoms with van der Waals surface area (Å²) in [6.45, 7) is 3.57. The second-order valence-electron chi connectivity index (χ2n) is 9.87. The fraction of sp³-hybridized carbons (Fsp3) is 0.481. The van der Waals surface area contributed by atoms with E-state index in [1.807, 2.05) is 0 Å². The van der Waals surface area contributed by atoms with Crippen LogP contribution in [0.5, 0.6) is 0 Å². The van der Waals surface area contributed by atoms with Gasteiger partial charge in [0.1, 0.15) is 11.2 Å². The van der Waals surface area contributed by atoms with E-state index >= 15 is 0 Å². The van der Waals surface area contributed by atoms with Crippen molar-refractivity contribution in [3.05, 3.63) is 41.5 Å². The lowest BCUT2D eigenvalue weighted by Crippen LogP contribution is -2.42. The Bertz CT molecular complexity index is 1360. The highest BCUT2D eigenvalue weighted by Gasteiger charge is 2.62. The minimum Gasteiger partial charge on any atom is -0.465 e. The SMILES string of the molecule is COC(=O)c1cc2oc3ccc(C(O)C(F)(F)C(F)(F)F)cc3c2cc1N(C(=O)C1CCCCC1)C(C)C. The number of aliphatic hydroxyl groups is 1. The molecule has 1 fully saturated rings. The first-order valence-electron chi connectivity index (χ1n) is 12.3. The summed E-state index contributed by atoms with van der Waals surface area (Å²) >= 11 is 0. The molecule has 1 unspecified atom stereocenters. The van der Waals surface area contributed by atoms with Crippen LogP contribution in [-0.4, -0.2) is 42.2 Å². The van der Waals surface area contributed by atoms with Crippen LogP contribution in [-0.2, 0) is 9.53 Å². The second-order valence-corrected chi connectivity index (χ2v) is 9.87. The topological polar surface area (TPSA) is 80.0 Å². The number of hydrogen-bond acceptors (Lipinski definition) is 5. The van der Waals surface area contributed by atoms with Gasteiger partial charge in [-0.05, 0) is 56.5 Å². The number of furan rings is 1. The lowest BCUT2D eigenvalue weighted by molar-refractivity contribution is -0.315. The summed E-state index contributed by atoms with van der Waals surface area (Å²) in [5, 5.41) is 10.3. The zero-order chi connectivity index (χ0) is 28.0. The molecule has 1 aliphatic rings. The number of ether oxygens (including phenoxy) is 1. The van der Waals surface area contributed by atoms with Crippen molar-refractivity contribution in [3.8, 4) is 0 Å². The van der Waals surface area contributed by atoms with Crippen LogP contribution >= 0.6 is 0 Å². The summed E-state index contributed by atoms with van der Waals surface area (Å²) in [6.07, 6.45) is -4.84. The second kappa shape index (κ2) is 10.2. The molecular formula is C27H28F5NO5. The Balaban J connectivity index is 1.90. The molecule has 1 aliphatic carbocycles. The molecule has 0 aliphatic heterocycles. The molecule has 0 radical (unpaired) electrons. The quantitative estimate of drug-likeness (QED) is 0.271. The summed E-state index contributed by atoms with van der Waals surface area (Å²) < 4.78 is 77.0. The standard InChI is InChI=1S/C27H28F5NO5/c1-14(2)33(24(35)15-7-5-4-6-8-15)20-12-18-17-11-16(23(34)26(28,29)27(30,31)32)9-10-21(17)38-22(18)13-19(20)25(36)37-3/h9-15,23,34H,4-8H2,1-3H3. The third kappa shape index (κ3) is 4.83. The van der Waals surface area contributed by atoms with E-state index in [4.69, 9.17) is 9.15 Å². The zero-order valence-electron chi connectivity index (χ0n) is 21.1. The van der Waals surface area contributed by atoms with Crippen molar-refractivity contribution in [2.45, 2.75) is 70.2 Å². The first-order valence-corrected chi connectivity index (χ1v) is 12.3. The maximum atomic E-state index is 13.9. The highest BCUT2D eigenvalue weighted by atomic mass is 19.4. The van der Waals surface area contributed by atoms with E-state index < -0.39 is 29.7 Å². The molecule has 206 valence electrons. The van der Waals surface area contributed by atoms with Crippen LogP contribution in [0.25, 0.3) is 21.9 Å². The molecule has 1 aromatic heterocycles. The largest absolute Gasteiger partial charge is 0.465 e. The molecule has 0 bridgehead atoms. The van der Waals surface area contributed by atoms with Crippen LogP contribution < -0.4 is 4.90 Å². The van der Waals surface area contributed by atoms with E-state index in [1.165, 1.54) is 30.2 Å². The monoisotopic (exact) mass is 541 g/mol. The number of carbonyl (C=O) groups is 2. The lowest BCUT2D eigenvalue weighted by Gasteiger charge is -2.33. The van der Waals surface area contributed by atoms with Crippen molar-refractivity contribution < 1.29 is 45.8 Å². The van der Waals surface area contributed by atoms with Crippen LogP contribution in [0.2, 0.25) is 0 Å². The minimum atomic E-state index is -5.96. The number of anilines is 1. The van der Waals surface area contributed by atoms with Gasteiger partial charge < -0.3 is 19.2 Å². The van der Waals surface area contributed by atoms with E-state index in [9.17, 15) is 36.6 Å². The minimum absolute atomic E-state index is 0.0424. The molecule has 0 saturated heterocycles. The number of halogens is 5. The Morgan fingerprint density at radius 1 is 1.00 bits per heavy atom. The van der Waals surface area contributed by atoms with E-state index in [0.717, 1.165) is 31.4 Å². The molecule has 1 saturated carbocycles. The maximum Gasteiger partial charge on any atom is 0.456 e. The number of benzene rings is 2. The highest BCUT2D eigenvalue weighted by molar-refractivity contribution is 6.12. The van der Waals surface area contributed by atoms with Gasteiger partial charge in [-0.2, -0.15) is 22.0 Å². The van der Waals surface area contributed by atoms with Crippen LogP contribution in [0.15, 0.2) is 34.7 Å². The Labute approximate surface area is 215 Å². The fourth-order valence-electron chi connectivity index (χ4n) is 5.03. The number of hydrogen-bond donors (Lipinski definition) is 1. The maximum absolute atomic E-state index is 13.9. The number of nitrogens with zero attached hydrogens (tertiary/aromatic N) is 1.